The lowest BCUT2D eigenvalue weighted by Crippen LogP contribution is -2.11. The van der Waals surface area contributed by atoms with Crippen molar-refractivity contribution in [3.05, 3.63) is 29.3 Å². The zero-order valence-corrected chi connectivity index (χ0v) is 9.90. The summed E-state index contributed by atoms with van der Waals surface area (Å²) in [5, 5.41) is 18.4. The van der Waals surface area contributed by atoms with Crippen molar-refractivity contribution in [3.63, 3.8) is 0 Å². The lowest BCUT2D eigenvalue weighted by molar-refractivity contribution is -0.138. The first-order chi connectivity index (χ1) is 7.41. The molecular formula is C13H18O3. The largest absolute Gasteiger partial charge is 0.508 e. The molecule has 0 aromatic heterocycles. The minimum atomic E-state index is -0.837. The van der Waals surface area contributed by atoms with Gasteiger partial charge in [0, 0.05) is 0 Å². The Morgan fingerprint density at radius 1 is 1.31 bits per heavy atom. The normalized spacial score (nSPS) is 12.8. The number of phenolic OH excluding ortho intramolecular Hbond substituents is 1. The number of hydrogen-bond acceptors (Lipinski definition) is 2. The second-order valence-electron chi connectivity index (χ2n) is 4.54. The van der Waals surface area contributed by atoms with Crippen LogP contribution in [0.2, 0.25) is 0 Å². The van der Waals surface area contributed by atoms with Crippen LogP contribution in [0.25, 0.3) is 0 Å². The molecule has 1 rings (SSSR count). The lowest BCUT2D eigenvalue weighted by Gasteiger charge is -2.15. The Hall–Kier alpha value is -1.51. The van der Waals surface area contributed by atoms with E-state index in [2.05, 4.69) is 13.8 Å². The summed E-state index contributed by atoms with van der Waals surface area (Å²) < 4.78 is 0. The Balaban J connectivity index is 3.11. The summed E-state index contributed by atoms with van der Waals surface area (Å²) in [5.41, 5.74) is 1.71. The van der Waals surface area contributed by atoms with Gasteiger partial charge >= 0.3 is 5.97 Å². The second-order valence-corrected chi connectivity index (χ2v) is 4.54. The third-order valence-corrected chi connectivity index (χ3v) is 2.59. The molecule has 1 unspecified atom stereocenters. The van der Waals surface area contributed by atoms with E-state index in [-0.39, 0.29) is 5.75 Å². The Morgan fingerprint density at radius 3 is 2.44 bits per heavy atom. The molecule has 0 heterocycles. The molecule has 1 aromatic carbocycles. The lowest BCUT2D eigenvalue weighted by atomic mass is 9.91. The molecule has 0 radical (unpaired) electrons. The molecule has 0 saturated carbocycles. The highest BCUT2D eigenvalue weighted by atomic mass is 16.4. The highest BCUT2D eigenvalue weighted by molar-refractivity contribution is 5.76. The summed E-state index contributed by atoms with van der Waals surface area (Å²) in [5.74, 6) is -0.747. The number of rotatable bonds is 4. The van der Waals surface area contributed by atoms with E-state index in [1.807, 2.05) is 0 Å². The first kappa shape index (κ1) is 12.6. The highest BCUT2D eigenvalue weighted by Gasteiger charge is 2.18. The number of carboxylic acid groups (broad SMARTS) is 1. The molecular weight excluding hydrogens is 204 g/mol. The molecule has 0 saturated heterocycles. The van der Waals surface area contributed by atoms with Crippen molar-refractivity contribution in [1.29, 1.82) is 0 Å². The van der Waals surface area contributed by atoms with Crippen LogP contribution < -0.4 is 0 Å². The zero-order chi connectivity index (χ0) is 12.3. The number of hydrogen-bond donors (Lipinski definition) is 2. The fourth-order valence-electron chi connectivity index (χ4n) is 1.76. The van der Waals surface area contributed by atoms with Crippen LogP contribution in [0.1, 0.15) is 37.8 Å². The molecule has 0 spiro atoms. The average Bonchev–Trinajstić information content (AvgIpc) is 2.15. The summed E-state index contributed by atoms with van der Waals surface area (Å²) >= 11 is 0. The number of aliphatic carboxylic acids is 1. The predicted octanol–water partition coefficient (Wildman–Crippen LogP) is 2.78. The van der Waals surface area contributed by atoms with Crippen molar-refractivity contribution >= 4 is 5.97 Å². The van der Waals surface area contributed by atoms with Gasteiger partial charge < -0.3 is 10.2 Å². The van der Waals surface area contributed by atoms with E-state index in [1.54, 1.807) is 25.1 Å². The van der Waals surface area contributed by atoms with Gasteiger partial charge in [0.1, 0.15) is 5.75 Å². The smallest absolute Gasteiger partial charge is 0.310 e. The highest BCUT2D eigenvalue weighted by Crippen LogP contribution is 2.26. The van der Waals surface area contributed by atoms with Gasteiger partial charge in [-0.15, -0.1) is 0 Å². The van der Waals surface area contributed by atoms with Gasteiger partial charge in [-0.2, -0.15) is 0 Å². The van der Waals surface area contributed by atoms with E-state index < -0.39 is 11.9 Å². The van der Waals surface area contributed by atoms with Gasteiger partial charge in [0.25, 0.3) is 0 Å². The van der Waals surface area contributed by atoms with Gasteiger partial charge in [-0.1, -0.05) is 19.9 Å². The molecule has 3 nitrogen and oxygen atoms in total. The number of benzene rings is 1. The van der Waals surface area contributed by atoms with Crippen molar-refractivity contribution in [2.24, 2.45) is 5.92 Å². The molecule has 1 atom stereocenters. The van der Waals surface area contributed by atoms with Gasteiger partial charge in [0.05, 0.1) is 5.92 Å². The Bertz CT molecular complexity index is 383. The number of carbonyl (C=O) groups is 1. The fourth-order valence-corrected chi connectivity index (χ4v) is 1.76. The molecule has 16 heavy (non-hydrogen) atoms. The SMILES string of the molecule is CC(C)Cc1cc(O)ccc1C(C)C(=O)O. The standard InChI is InChI=1S/C13H18O3/c1-8(2)6-10-7-11(14)4-5-12(10)9(3)13(15)16/h4-5,7-9,14H,6H2,1-3H3,(H,15,16). The number of aromatic hydroxyl groups is 1. The van der Waals surface area contributed by atoms with E-state index in [9.17, 15) is 9.90 Å². The molecule has 3 heteroatoms. The fraction of sp³-hybridized carbons (Fsp3) is 0.462. The van der Waals surface area contributed by atoms with Crippen molar-refractivity contribution in [3.8, 4) is 5.75 Å². The Morgan fingerprint density at radius 2 is 1.94 bits per heavy atom. The molecule has 0 amide bonds. The topological polar surface area (TPSA) is 57.5 Å². The maximum atomic E-state index is 11.0. The van der Waals surface area contributed by atoms with E-state index in [0.717, 1.165) is 17.5 Å². The molecule has 0 fully saturated rings. The van der Waals surface area contributed by atoms with Crippen molar-refractivity contribution in [2.75, 3.05) is 0 Å². The van der Waals surface area contributed by atoms with Gasteiger partial charge in [-0.25, -0.2) is 0 Å². The summed E-state index contributed by atoms with van der Waals surface area (Å²) in [4.78, 5) is 11.0. The summed E-state index contributed by atoms with van der Waals surface area (Å²) in [6.07, 6.45) is 0.779. The zero-order valence-electron chi connectivity index (χ0n) is 9.90. The van der Waals surface area contributed by atoms with Crippen molar-refractivity contribution in [1.82, 2.24) is 0 Å². The molecule has 88 valence electrons. The second kappa shape index (κ2) is 5.01. The van der Waals surface area contributed by atoms with Crippen LogP contribution in [-0.2, 0) is 11.2 Å². The maximum absolute atomic E-state index is 11.0. The first-order valence-electron chi connectivity index (χ1n) is 5.46. The van der Waals surface area contributed by atoms with Crippen LogP contribution in [0.15, 0.2) is 18.2 Å². The average molecular weight is 222 g/mol. The van der Waals surface area contributed by atoms with E-state index in [1.165, 1.54) is 0 Å². The van der Waals surface area contributed by atoms with E-state index in [0.29, 0.717) is 5.92 Å². The van der Waals surface area contributed by atoms with E-state index in [4.69, 9.17) is 5.11 Å². The van der Waals surface area contributed by atoms with Gasteiger partial charge in [-0.3, -0.25) is 4.79 Å². The van der Waals surface area contributed by atoms with Crippen molar-refractivity contribution in [2.45, 2.75) is 33.1 Å². The van der Waals surface area contributed by atoms with Crippen LogP contribution >= 0.6 is 0 Å². The van der Waals surface area contributed by atoms with Gasteiger partial charge in [0.15, 0.2) is 0 Å². The monoisotopic (exact) mass is 222 g/mol. The quantitative estimate of drug-likeness (QED) is 0.823. The third kappa shape index (κ3) is 2.99. The number of phenols is 1. The minimum Gasteiger partial charge on any atom is -0.508 e. The summed E-state index contributed by atoms with van der Waals surface area (Å²) in [7, 11) is 0. The predicted molar refractivity (Wildman–Crippen MR) is 62.7 cm³/mol. The van der Waals surface area contributed by atoms with Gasteiger partial charge in [-0.05, 0) is 42.5 Å². The molecule has 2 N–H and O–H groups in total. The summed E-state index contributed by atoms with van der Waals surface area (Å²) in [6, 6.07) is 4.90. The van der Waals surface area contributed by atoms with Crippen LogP contribution in [0.4, 0.5) is 0 Å². The molecule has 0 bridgehead atoms. The van der Waals surface area contributed by atoms with Gasteiger partial charge in [0.2, 0.25) is 0 Å². The molecule has 0 aliphatic heterocycles. The van der Waals surface area contributed by atoms with E-state index >= 15 is 0 Å². The van der Waals surface area contributed by atoms with Crippen LogP contribution in [0, 0.1) is 5.92 Å². The van der Waals surface area contributed by atoms with Crippen LogP contribution in [-0.4, -0.2) is 16.2 Å². The molecule has 0 aliphatic carbocycles. The maximum Gasteiger partial charge on any atom is 0.310 e. The van der Waals surface area contributed by atoms with Crippen molar-refractivity contribution < 1.29 is 15.0 Å². The minimum absolute atomic E-state index is 0.192. The third-order valence-electron chi connectivity index (χ3n) is 2.59. The number of carboxylic acids is 1. The Labute approximate surface area is 95.7 Å². The molecule has 0 aliphatic rings. The first-order valence-corrected chi connectivity index (χ1v) is 5.46. The van der Waals surface area contributed by atoms with Crippen LogP contribution in [0.5, 0.6) is 5.75 Å². The molecule has 1 aromatic rings. The van der Waals surface area contributed by atoms with Crippen LogP contribution in [0.3, 0.4) is 0 Å². The Kier molecular flexibility index (Phi) is 3.93. The summed E-state index contributed by atoms with van der Waals surface area (Å²) in [6.45, 7) is 5.80.